The fourth-order valence-corrected chi connectivity index (χ4v) is 8.11. The standard InChI is InChI=1S/C30H48P2/c1-2-3-26-31-27-20-12-10-8-6-4-5-7-9-11-13-21-28-32(29-22-16-14-17-23-29)30-24-18-15-19-25-30/h14-19,22-25,31H,2-13,20-21,26-28H2,1H3. The van der Waals surface area contributed by atoms with Gasteiger partial charge in [0.1, 0.15) is 0 Å². The fraction of sp³-hybridized carbons (Fsp3) is 0.600. The molecule has 0 saturated heterocycles. The van der Waals surface area contributed by atoms with E-state index in [2.05, 4.69) is 67.6 Å². The van der Waals surface area contributed by atoms with Crippen molar-refractivity contribution in [3.05, 3.63) is 60.7 Å². The minimum absolute atomic E-state index is 0.194. The molecule has 0 aliphatic rings. The average Bonchev–Trinajstić information content (AvgIpc) is 2.84. The van der Waals surface area contributed by atoms with Crippen molar-refractivity contribution < 1.29 is 0 Å². The van der Waals surface area contributed by atoms with Gasteiger partial charge in [0.25, 0.3) is 0 Å². The van der Waals surface area contributed by atoms with E-state index in [1.807, 2.05) is 0 Å². The monoisotopic (exact) mass is 470 g/mol. The van der Waals surface area contributed by atoms with Gasteiger partial charge in [0, 0.05) is 0 Å². The Balaban J connectivity index is 1.44. The first-order valence-corrected chi connectivity index (χ1v) is 16.4. The van der Waals surface area contributed by atoms with E-state index in [9.17, 15) is 0 Å². The molecule has 32 heavy (non-hydrogen) atoms. The smallest absolute Gasteiger partial charge is 0.0195 e. The van der Waals surface area contributed by atoms with Gasteiger partial charge in [-0.15, -0.1) is 8.58 Å². The number of unbranched alkanes of at least 4 members (excludes halogenated alkanes) is 12. The molecule has 0 fully saturated rings. The molecule has 0 bridgehead atoms. The second-order valence-electron chi connectivity index (χ2n) is 9.17. The lowest BCUT2D eigenvalue weighted by molar-refractivity contribution is 0.548. The summed E-state index contributed by atoms with van der Waals surface area (Å²) in [6.07, 6.45) is 24.5. The zero-order valence-corrected chi connectivity index (χ0v) is 22.6. The summed E-state index contributed by atoms with van der Waals surface area (Å²) in [6.45, 7) is 2.31. The van der Waals surface area contributed by atoms with Gasteiger partial charge >= 0.3 is 0 Å². The van der Waals surface area contributed by atoms with Crippen LogP contribution in [0.15, 0.2) is 60.7 Å². The molecule has 1 unspecified atom stereocenters. The molecule has 0 aliphatic carbocycles. The molecule has 0 nitrogen and oxygen atoms in total. The lowest BCUT2D eigenvalue weighted by atomic mass is 10.1. The van der Waals surface area contributed by atoms with Gasteiger partial charge in [-0.25, -0.2) is 0 Å². The zero-order valence-electron chi connectivity index (χ0n) is 20.7. The van der Waals surface area contributed by atoms with E-state index in [-0.39, 0.29) is 7.92 Å². The molecule has 2 rings (SSSR count). The van der Waals surface area contributed by atoms with Crippen molar-refractivity contribution in [2.24, 2.45) is 0 Å². The van der Waals surface area contributed by atoms with Gasteiger partial charge in [-0.3, -0.25) is 0 Å². The summed E-state index contributed by atoms with van der Waals surface area (Å²) in [5.41, 5.74) is 0. The maximum atomic E-state index is 2.33. The molecule has 2 aromatic rings. The molecule has 0 N–H and O–H groups in total. The highest BCUT2D eigenvalue weighted by atomic mass is 31.1. The van der Waals surface area contributed by atoms with E-state index in [0.29, 0.717) is 0 Å². The minimum Gasteiger partial charge on any atom is -0.122 e. The molecular formula is C30H48P2. The van der Waals surface area contributed by atoms with E-state index in [0.717, 1.165) is 0 Å². The summed E-state index contributed by atoms with van der Waals surface area (Å²) in [5, 5.41) is 3.07. The van der Waals surface area contributed by atoms with Crippen molar-refractivity contribution in [2.75, 3.05) is 18.5 Å². The van der Waals surface area contributed by atoms with Crippen LogP contribution in [0.3, 0.4) is 0 Å². The van der Waals surface area contributed by atoms with Crippen LogP contribution in [-0.4, -0.2) is 18.5 Å². The molecule has 0 saturated carbocycles. The summed E-state index contributed by atoms with van der Waals surface area (Å²) in [7, 11) is 1.04. The SMILES string of the molecule is CCCCPCCCCCCCCCCCCCCP(c1ccccc1)c1ccccc1. The predicted octanol–water partition coefficient (Wildman–Crippen LogP) is 9.28. The minimum atomic E-state index is -0.194. The van der Waals surface area contributed by atoms with Crippen molar-refractivity contribution in [3.8, 4) is 0 Å². The lowest BCUT2D eigenvalue weighted by Gasteiger charge is -2.18. The normalized spacial score (nSPS) is 11.7. The third kappa shape index (κ3) is 13.1. The Bertz CT molecular complexity index is 601. The van der Waals surface area contributed by atoms with Crippen LogP contribution >= 0.6 is 16.5 Å². The molecule has 178 valence electrons. The summed E-state index contributed by atoms with van der Waals surface area (Å²) < 4.78 is 0. The molecule has 0 spiro atoms. The molecule has 2 aromatic carbocycles. The Hall–Kier alpha value is -0.700. The second-order valence-corrected chi connectivity index (χ2v) is 13.0. The fourth-order valence-electron chi connectivity index (χ4n) is 4.34. The molecule has 0 amide bonds. The van der Waals surface area contributed by atoms with Gasteiger partial charge in [0.2, 0.25) is 0 Å². The Morgan fingerprint density at radius 2 is 0.906 bits per heavy atom. The first-order valence-electron chi connectivity index (χ1n) is 13.5. The highest BCUT2D eigenvalue weighted by Gasteiger charge is 2.12. The first-order chi connectivity index (χ1) is 15.9. The predicted molar refractivity (Wildman–Crippen MR) is 152 cm³/mol. The second kappa shape index (κ2) is 19.7. The highest BCUT2D eigenvalue weighted by Crippen LogP contribution is 2.34. The van der Waals surface area contributed by atoms with Crippen molar-refractivity contribution in [1.82, 2.24) is 0 Å². The molecular weight excluding hydrogens is 422 g/mol. The summed E-state index contributed by atoms with van der Waals surface area (Å²) >= 11 is 0. The van der Waals surface area contributed by atoms with Gasteiger partial charge in [-0.2, -0.15) is 0 Å². The van der Waals surface area contributed by atoms with Crippen LogP contribution in [0, 0.1) is 0 Å². The largest absolute Gasteiger partial charge is 0.122 e. The van der Waals surface area contributed by atoms with Crippen LogP contribution in [0.25, 0.3) is 0 Å². The zero-order chi connectivity index (χ0) is 22.5. The van der Waals surface area contributed by atoms with Crippen molar-refractivity contribution in [1.29, 1.82) is 0 Å². The quantitative estimate of drug-likeness (QED) is 0.134. The van der Waals surface area contributed by atoms with E-state index in [4.69, 9.17) is 0 Å². The van der Waals surface area contributed by atoms with Crippen LogP contribution in [0.4, 0.5) is 0 Å². The van der Waals surface area contributed by atoms with Crippen molar-refractivity contribution in [3.63, 3.8) is 0 Å². The Morgan fingerprint density at radius 1 is 0.500 bits per heavy atom. The summed E-state index contributed by atoms with van der Waals surface area (Å²) in [6, 6.07) is 22.4. The van der Waals surface area contributed by atoms with Gasteiger partial charge in [0.05, 0.1) is 0 Å². The maximum absolute atomic E-state index is 2.33. The van der Waals surface area contributed by atoms with E-state index >= 15 is 0 Å². The third-order valence-electron chi connectivity index (χ3n) is 6.33. The first kappa shape index (κ1) is 27.5. The van der Waals surface area contributed by atoms with E-state index in [1.165, 1.54) is 128 Å². The molecule has 2 heteroatoms. The van der Waals surface area contributed by atoms with Gasteiger partial charge < -0.3 is 0 Å². The molecule has 1 atom stereocenters. The van der Waals surface area contributed by atoms with Crippen LogP contribution in [0.1, 0.15) is 96.8 Å². The number of hydrogen-bond donors (Lipinski definition) is 0. The number of rotatable bonds is 20. The average molecular weight is 471 g/mol. The number of benzene rings is 2. The maximum Gasteiger partial charge on any atom is -0.0195 e. The van der Waals surface area contributed by atoms with E-state index < -0.39 is 0 Å². The van der Waals surface area contributed by atoms with Gasteiger partial charge in [-0.1, -0.05) is 138 Å². The number of hydrogen-bond acceptors (Lipinski definition) is 0. The van der Waals surface area contributed by atoms with Crippen LogP contribution < -0.4 is 10.6 Å². The topological polar surface area (TPSA) is 0 Å². The van der Waals surface area contributed by atoms with Crippen LogP contribution in [0.5, 0.6) is 0 Å². The third-order valence-corrected chi connectivity index (χ3v) is 10.3. The Labute approximate surface area is 202 Å². The lowest BCUT2D eigenvalue weighted by Crippen LogP contribution is -2.13. The van der Waals surface area contributed by atoms with Crippen molar-refractivity contribution in [2.45, 2.75) is 96.8 Å². The van der Waals surface area contributed by atoms with Gasteiger partial charge in [-0.05, 0) is 56.3 Å². The Morgan fingerprint density at radius 3 is 1.38 bits per heavy atom. The molecule has 0 radical (unpaired) electrons. The molecule has 0 aliphatic heterocycles. The van der Waals surface area contributed by atoms with Gasteiger partial charge in [0.15, 0.2) is 0 Å². The van der Waals surface area contributed by atoms with E-state index in [1.54, 1.807) is 0 Å². The molecule has 0 aromatic heterocycles. The Kier molecular flexibility index (Phi) is 17.0. The molecule has 0 heterocycles. The van der Waals surface area contributed by atoms with Crippen LogP contribution in [-0.2, 0) is 0 Å². The van der Waals surface area contributed by atoms with Crippen molar-refractivity contribution >= 4 is 27.1 Å². The summed E-state index contributed by atoms with van der Waals surface area (Å²) in [5.74, 6) is 0. The highest BCUT2D eigenvalue weighted by molar-refractivity contribution is 7.73. The van der Waals surface area contributed by atoms with Crippen LogP contribution in [0.2, 0.25) is 0 Å². The summed E-state index contributed by atoms with van der Waals surface area (Å²) in [4.78, 5) is 0.